The van der Waals surface area contributed by atoms with Crippen LogP contribution in [0.3, 0.4) is 0 Å². The number of hydrogen-bond donors (Lipinski definition) is 1. The molecule has 0 aliphatic carbocycles. The van der Waals surface area contributed by atoms with Gasteiger partial charge >= 0.3 is 5.97 Å². The van der Waals surface area contributed by atoms with Gasteiger partial charge in [0.25, 0.3) is 0 Å². The first kappa shape index (κ1) is 18.5. The maximum atomic E-state index is 12.0. The molecule has 25 heavy (non-hydrogen) atoms. The standard InChI is InChI=1S/C20H23NO4/c1-15(2)25-20(23)16-8-6-9-17(14-16)21-19(22)12-7-13-24-18-10-4-3-5-11-18/h3-6,8-11,14-15H,7,12-13H2,1-2H3,(H,21,22). The largest absolute Gasteiger partial charge is 0.494 e. The summed E-state index contributed by atoms with van der Waals surface area (Å²) in [4.78, 5) is 23.9. The third kappa shape index (κ3) is 6.67. The van der Waals surface area contributed by atoms with E-state index in [0.717, 1.165) is 5.75 Å². The van der Waals surface area contributed by atoms with Crippen molar-refractivity contribution in [2.24, 2.45) is 0 Å². The predicted octanol–water partition coefficient (Wildman–Crippen LogP) is 4.05. The van der Waals surface area contributed by atoms with Crippen molar-refractivity contribution in [3.8, 4) is 5.75 Å². The first-order chi connectivity index (χ1) is 12.0. The van der Waals surface area contributed by atoms with Crippen LogP contribution in [-0.2, 0) is 9.53 Å². The van der Waals surface area contributed by atoms with Crippen LogP contribution in [0.2, 0.25) is 0 Å². The average Bonchev–Trinajstić information content (AvgIpc) is 2.59. The molecule has 132 valence electrons. The molecule has 0 fully saturated rings. The second kappa shape index (κ2) is 9.47. The smallest absolute Gasteiger partial charge is 0.338 e. The van der Waals surface area contributed by atoms with Gasteiger partial charge in [-0.3, -0.25) is 4.79 Å². The molecule has 1 amide bonds. The minimum absolute atomic E-state index is 0.119. The Morgan fingerprint density at radius 3 is 2.52 bits per heavy atom. The normalized spacial score (nSPS) is 10.4. The lowest BCUT2D eigenvalue weighted by atomic mass is 10.2. The molecule has 0 atom stereocenters. The van der Waals surface area contributed by atoms with Crippen molar-refractivity contribution < 1.29 is 19.1 Å². The molecule has 0 aliphatic rings. The molecule has 2 aromatic carbocycles. The molecule has 0 saturated heterocycles. The molecule has 0 saturated carbocycles. The van der Waals surface area contributed by atoms with Crippen LogP contribution in [0.5, 0.6) is 5.75 Å². The minimum atomic E-state index is -0.401. The van der Waals surface area contributed by atoms with Crippen molar-refractivity contribution in [2.75, 3.05) is 11.9 Å². The summed E-state index contributed by atoms with van der Waals surface area (Å²) in [6, 6.07) is 16.2. The van der Waals surface area contributed by atoms with Gasteiger partial charge in [0, 0.05) is 12.1 Å². The van der Waals surface area contributed by atoms with Crippen molar-refractivity contribution in [1.29, 1.82) is 0 Å². The molecule has 5 heteroatoms. The van der Waals surface area contributed by atoms with Crippen LogP contribution in [0, 0.1) is 0 Å². The van der Waals surface area contributed by atoms with Gasteiger partial charge in [0.15, 0.2) is 0 Å². The van der Waals surface area contributed by atoms with Crippen LogP contribution in [0.1, 0.15) is 37.0 Å². The number of anilines is 1. The maximum Gasteiger partial charge on any atom is 0.338 e. The number of nitrogens with one attached hydrogen (secondary N) is 1. The van der Waals surface area contributed by atoms with Crippen molar-refractivity contribution in [2.45, 2.75) is 32.8 Å². The Kier molecular flexibility index (Phi) is 7.01. The number of rotatable bonds is 8. The van der Waals surface area contributed by atoms with Gasteiger partial charge < -0.3 is 14.8 Å². The van der Waals surface area contributed by atoms with Crippen molar-refractivity contribution in [3.05, 3.63) is 60.2 Å². The molecule has 2 rings (SSSR count). The summed E-state index contributed by atoms with van der Waals surface area (Å²) in [5.41, 5.74) is 0.992. The fourth-order valence-corrected chi connectivity index (χ4v) is 2.17. The number of para-hydroxylation sites is 1. The van der Waals surface area contributed by atoms with Crippen LogP contribution in [0.4, 0.5) is 5.69 Å². The molecule has 5 nitrogen and oxygen atoms in total. The molecule has 0 heterocycles. The van der Waals surface area contributed by atoms with Gasteiger partial charge in [0.05, 0.1) is 18.3 Å². The molecular formula is C20H23NO4. The lowest BCUT2D eigenvalue weighted by Gasteiger charge is -2.10. The highest BCUT2D eigenvalue weighted by Crippen LogP contribution is 2.13. The zero-order chi connectivity index (χ0) is 18.1. The van der Waals surface area contributed by atoms with E-state index < -0.39 is 5.97 Å². The molecule has 0 spiro atoms. The van der Waals surface area contributed by atoms with Gasteiger partial charge in [-0.15, -0.1) is 0 Å². The second-order valence-corrected chi connectivity index (χ2v) is 5.85. The minimum Gasteiger partial charge on any atom is -0.494 e. The molecule has 0 aromatic heterocycles. The highest BCUT2D eigenvalue weighted by molar-refractivity contribution is 5.94. The number of hydrogen-bond acceptors (Lipinski definition) is 4. The second-order valence-electron chi connectivity index (χ2n) is 5.85. The van der Waals surface area contributed by atoms with Gasteiger partial charge in [-0.1, -0.05) is 24.3 Å². The van der Waals surface area contributed by atoms with E-state index >= 15 is 0 Å². The highest BCUT2D eigenvalue weighted by Gasteiger charge is 2.10. The number of esters is 1. The van der Waals surface area contributed by atoms with E-state index in [1.165, 1.54) is 0 Å². The van der Waals surface area contributed by atoms with Crippen molar-refractivity contribution in [3.63, 3.8) is 0 Å². The lowest BCUT2D eigenvalue weighted by Crippen LogP contribution is -2.14. The summed E-state index contributed by atoms with van der Waals surface area (Å²) in [6.07, 6.45) is 0.763. The fraction of sp³-hybridized carbons (Fsp3) is 0.300. The highest BCUT2D eigenvalue weighted by atomic mass is 16.5. The van der Waals surface area contributed by atoms with Crippen molar-refractivity contribution in [1.82, 2.24) is 0 Å². The SMILES string of the molecule is CC(C)OC(=O)c1cccc(NC(=O)CCCOc2ccccc2)c1. The fourth-order valence-electron chi connectivity index (χ4n) is 2.17. The zero-order valence-corrected chi connectivity index (χ0v) is 14.5. The Balaban J connectivity index is 1.77. The van der Waals surface area contributed by atoms with Gasteiger partial charge in [-0.25, -0.2) is 4.79 Å². The monoisotopic (exact) mass is 341 g/mol. The first-order valence-electron chi connectivity index (χ1n) is 8.33. The van der Waals surface area contributed by atoms with E-state index in [-0.39, 0.29) is 12.0 Å². The van der Waals surface area contributed by atoms with E-state index in [1.54, 1.807) is 38.1 Å². The molecule has 0 unspecified atom stereocenters. The molecule has 0 bridgehead atoms. The Labute approximate surface area is 148 Å². The van der Waals surface area contributed by atoms with Gasteiger partial charge in [0.1, 0.15) is 5.75 Å². The van der Waals surface area contributed by atoms with E-state index in [0.29, 0.717) is 30.7 Å². The third-order valence-corrected chi connectivity index (χ3v) is 3.28. The predicted molar refractivity (Wildman–Crippen MR) is 96.8 cm³/mol. The molecule has 1 N–H and O–H groups in total. The van der Waals surface area contributed by atoms with Crippen LogP contribution in [0.25, 0.3) is 0 Å². The van der Waals surface area contributed by atoms with Crippen LogP contribution < -0.4 is 10.1 Å². The number of carbonyl (C=O) groups excluding carboxylic acids is 2. The maximum absolute atomic E-state index is 12.0. The Morgan fingerprint density at radius 2 is 1.80 bits per heavy atom. The summed E-state index contributed by atoms with van der Waals surface area (Å²) < 4.78 is 10.7. The summed E-state index contributed by atoms with van der Waals surface area (Å²) in [6.45, 7) is 4.06. The van der Waals surface area contributed by atoms with Crippen molar-refractivity contribution >= 4 is 17.6 Å². The number of benzene rings is 2. The summed E-state index contributed by atoms with van der Waals surface area (Å²) >= 11 is 0. The number of carbonyl (C=O) groups is 2. The van der Waals surface area contributed by atoms with E-state index in [9.17, 15) is 9.59 Å². The van der Waals surface area contributed by atoms with Gasteiger partial charge in [-0.2, -0.15) is 0 Å². The molecule has 0 radical (unpaired) electrons. The summed E-state index contributed by atoms with van der Waals surface area (Å²) in [5, 5.41) is 2.79. The Morgan fingerprint density at radius 1 is 1.04 bits per heavy atom. The van der Waals surface area contributed by atoms with Crippen LogP contribution in [0.15, 0.2) is 54.6 Å². The summed E-state index contributed by atoms with van der Waals surface area (Å²) in [5.74, 6) is 0.271. The zero-order valence-electron chi connectivity index (χ0n) is 14.5. The molecular weight excluding hydrogens is 318 g/mol. The Bertz CT molecular complexity index is 698. The van der Waals surface area contributed by atoms with Crippen LogP contribution >= 0.6 is 0 Å². The summed E-state index contributed by atoms with van der Waals surface area (Å²) in [7, 11) is 0. The molecule has 2 aromatic rings. The third-order valence-electron chi connectivity index (χ3n) is 3.28. The van der Waals surface area contributed by atoms with E-state index in [1.807, 2.05) is 30.3 Å². The molecule has 0 aliphatic heterocycles. The van der Waals surface area contributed by atoms with Gasteiger partial charge in [-0.05, 0) is 50.6 Å². The lowest BCUT2D eigenvalue weighted by molar-refractivity contribution is -0.116. The number of amides is 1. The average molecular weight is 341 g/mol. The van der Waals surface area contributed by atoms with Gasteiger partial charge in [0.2, 0.25) is 5.91 Å². The first-order valence-corrected chi connectivity index (χ1v) is 8.33. The van der Waals surface area contributed by atoms with Crippen LogP contribution in [-0.4, -0.2) is 24.6 Å². The van der Waals surface area contributed by atoms with E-state index in [2.05, 4.69) is 5.32 Å². The van der Waals surface area contributed by atoms with E-state index in [4.69, 9.17) is 9.47 Å². The Hall–Kier alpha value is -2.82. The quantitative estimate of drug-likeness (QED) is 0.581. The number of ether oxygens (including phenoxy) is 2. The topological polar surface area (TPSA) is 64.6 Å².